The van der Waals surface area contributed by atoms with Crippen LogP contribution < -0.4 is 5.32 Å². The minimum Gasteiger partial charge on any atom is -0.389 e. The van der Waals surface area contributed by atoms with Crippen molar-refractivity contribution in [2.75, 3.05) is 13.2 Å². The largest absolute Gasteiger partial charge is 0.389 e. The van der Waals surface area contributed by atoms with Crippen molar-refractivity contribution in [1.82, 2.24) is 5.32 Å². The lowest BCUT2D eigenvalue weighted by Gasteiger charge is -2.18. The third-order valence-corrected chi connectivity index (χ3v) is 2.81. The molecule has 0 heterocycles. The molecular formula is C14H31NO2. The number of aliphatic hydroxyl groups is 1. The summed E-state index contributed by atoms with van der Waals surface area (Å²) in [5.41, 5.74) is 0. The van der Waals surface area contributed by atoms with Gasteiger partial charge in [-0.25, -0.2) is 0 Å². The molecule has 0 aromatic carbocycles. The van der Waals surface area contributed by atoms with Crippen LogP contribution in [0.1, 0.15) is 59.8 Å². The first-order chi connectivity index (χ1) is 8.06. The number of unbranched alkanes of at least 4 members (excludes halogenated alkanes) is 3. The Hall–Kier alpha value is -0.120. The molecule has 0 spiro atoms. The van der Waals surface area contributed by atoms with Crippen LogP contribution in [0.25, 0.3) is 0 Å². The van der Waals surface area contributed by atoms with Crippen LogP contribution in [0, 0.1) is 0 Å². The van der Waals surface area contributed by atoms with E-state index in [1.54, 1.807) is 0 Å². The Labute approximate surface area is 107 Å². The van der Waals surface area contributed by atoms with Crippen LogP contribution in [-0.2, 0) is 4.74 Å². The van der Waals surface area contributed by atoms with Crippen molar-refractivity contribution in [2.24, 2.45) is 0 Å². The number of hydrogen-bond acceptors (Lipinski definition) is 3. The van der Waals surface area contributed by atoms with Gasteiger partial charge in [-0.3, -0.25) is 0 Å². The molecule has 0 aliphatic carbocycles. The molecule has 0 amide bonds. The van der Waals surface area contributed by atoms with Crippen LogP contribution in [0.15, 0.2) is 0 Å². The van der Waals surface area contributed by atoms with E-state index in [2.05, 4.69) is 19.2 Å². The summed E-state index contributed by atoms with van der Waals surface area (Å²) in [5, 5.41) is 13.0. The van der Waals surface area contributed by atoms with Gasteiger partial charge in [0.05, 0.1) is 18.8 Å². The molecule has 2 unspecified atom stereocenters. The SMILES string of the molecule is CCCCCCC(C)NCC(O)COC(C)C. The first-order valence-electron chi connectivity index (χ1n) is 7.09. The van der Waals surface area contributed by atoms with Gasteiger partial charge in [-0.1, -0.05) is 32.6 Å². The van der Waals surface area contributed by atoms with E-state index in [9.17, 15) is 5.11 Å². The average molecular weight is 245 g/mol. The molecule has 0 saturated carbocycles. The van der Waals surface area contributed by atoms with Crippen molar-refractivity contribution in [1.29, 1.82) is 0 Å². The number of nitrogens with one attached hydrogen (secondary N) is 1. The first-order valence-corrected chi connectivity index (χ1v) is 7.09. The monoisotopic (exact) mass is 245 g/mol. The molecular weight excluding hydrogens is 214 g/mol. The second-order valence-corrected chi connectivity index (χ2v) is 5.19. The van der Waals surface area contributed by atoms with E-state index < -0.39 is 6.10 Å². The Morgan fingerprint density at radius 2 is 1.82 bits per heavy atom. The molecule has 0 aliphatic rings. The number of ether oxygens (including phenoxy) is 1. The highest BCUT2D eigenvalue weighted by Gasteiger charge is 2.07. The Kier molecular flexibility index (Phi) is 10.9. The fourth-order valence-electron chi connectivity index (χ4n) is 1.68. The van der Waals surface area contributed by atoms with E-state index in [0.29, 0.717) is 19.2 Å². The summed E-state index contributed by atoms with van der Waals surface area (Å²) in [5.74, 6) is 0. The van der Waals surface area contributed by atoms with Gasteiger partial charge in [-0.2, -0.15) is 0 Å². The smallest absolute Gasteiger partial charge is 0.0897 e. The Balaban J connectivity index is 3.38. The molecule has 3 heteroatoms. The summed E-state index contributed by atoms with van der Waals surface area (Å²) in [6.45, 7) is 9.43. The predicted octanol–water partition coefficient (Wildman–Crippen LogP) is 2.72. The fraction of sp³-hybridized carbons (Fsp3) is 1.00. The van der Waals surface area contributed by atoms with E-state index in [4.69, 9.17) is 4.74 Å². The third-order valence-electron chi connectivity index (χ3n) is 2.81. The highest BCUT2D eigenvalue weighted by Crippen LogP contribution is 2.05. The Morgan fingerprint density at radius 1 is 1.12 bits per heavy atom. The van der Waals surface area contributed by atoms with E-state index in [-0.39, 0.29) is 6.10 Å². The second-order valence-electron chi connectivity index (χ2n) is 5.19. The summed E-state index contributed by atoms with van der Waals surface area (Å²) >= 11 is 0. The molecule has 0 rings (SSSR count). The van der Waals surface area contributed by atoms with Crippen LogP contribution in [0.5, 0.6) is 0 Å². The first kappa shape index (κ1) is 16.9. The van der Waals surface area contributed by atoms with Gasteiger partial charge in [-0.05, 0) is 27.2 Å². The summed E-state index contributed by atoms with van der Waals surface area (Å²) in [7, 11) is 0. The van der Waals surface area contributed by atoms with Gasteiger partial charge >= 0.3 is 0 Å². The Morgan fingerprint density at radius 3 is 2.41 bits per heavy atom. The predicted molar refractivity (Wildman–Crippen MR) is 73.3 cm³/mol. The highest BCUT2D eigenvalue weighted by atomic mass is 16.5. The molecule has 0 aromatic rings. The van der Waals surface area contributed by atoms with Crippen LogP contribution in [0.3, 0.4) is 0 Å². The van der Waals surface area contributed by atoms with E-state index in [1.165, 1.54) is 32.1 Å². The zero-order valence-corrected chi connectivity index (χ0v) is 12.0. The maximum absolute atomic E-state index is 9.67. The van der Waals surface area contributed by atoms with Gasteiger partial charge in [0, 0.05) is 12.6 Å². The van der Waals surface area contributed by atoms with Gasteiger partial charge in [0.15, 0.2) is 0 Å². The standard InChI is InChI=1S/C14H31NO2/c1-5-6-7-8-9-13(4)15-10-14(16)11-17-12(2)3/h12-16H,5-11H2,1-4H3. The van der Waals surface area contributed by atoms with Crippen LogP contribution >= 0.6 is 0 Å². The lowest BCUT2D eigenvalue weighted by Crippen LogP contribution is -2.36. The van der Waals surface area contributed by atoms with Gasteiger partial charge < -0.3 is 15.2 Å². The molecule has 17 heavy (non-hydrogen) atoms. The second kappa shape index (κ2) is 11.0. The fourth-order valence-corrected chi connectivity index (χ4v) is 1.68. The maximum atomic E-state index is 9.67. The van der Waals surface area contributed by atoms with Crippen molar-refractivity contribution in [3.63, 3.8) is 0 Å². The Bertz CT molecular complexity index is 162. The molecule has 2 N–H and O–H groups in total. The molecule has 2 atom stereocenters. The number of rotatable bonds is 11. The van der Waals surface area contributed by atoms with E-state index in [0.717, 1.165) is 0 Å². The van der Waals surface area contributed by atoms with Crippen LogP contribution in [0.4, 0.5) is 0 Å². The topological polar surface area (TPSA) is 41.5 Å². The minimum atomic E-state index is -0.393. The molecule has 0 aliphatic heterocycles. The maximum Gasteiger partial charge on any atom is 0.0897 e. The van der Waals surface area contributed by atoms with E-state index in [1.807, 2.05) is 13.8 Å². The lowest BCUT2D eigenvalue weighted by molar-refractivity contribution is 0.00553. The summed E-state index contributed by atoms with van der Waals surface area (Å²) in [6, 6.07) is 0.487. The highest BCUT2D eigenvalue weighted by molar-refractivity contribution is 4.65. The lowest BCUT2D eigenvalue weighted by atomic mass is 10.1. The zero-order chi connectivity index (χ0) is 13.1. The summed E-state index contributed by atoms with van der Waals surface area (Å²) in [6.07, 6.45) is 6.21. The molecule has 0 fully saturated rings. The van der Waals surface area contributed by atoms with E-state index >= 15 is 0 Å². The molecule has 104 valence electrons. The molecule has 3 nitrogen and oxygen atoms in total. The average Bonchev–Trinajstić information content (AvgIpc) is 2.29. The number of aliphatic hydroxyl groups excluding tert-OH is 1. The normalized spacial score (nSPS) is 15.2. The molecule has 0 radical (unpaired) electrons. The zero-order valence-electron chi connectivity index (χ0n) is 12.0. The summed E-state index contributed by atoms with van der Waals surface area (Å²) < 4.78 is 5.36. The third kappa shape index (κ3) is 12.1. The molecule has 0 bridgehead atoms. The van der Waals surface area contributed by atoms with Crippen LogP contribution in [-0.4, -0.2) is 36.5 Å². The van der Waals surface area contributed by atoms with Crippen molar-refractivity contribution in [3.05, 3.63) is 0 Å². The van der Waals surface area contributed by atoms with Crippen molar-refractivity contribution in [2.45, 2.75) is 78.0 Å². The van der Waals surface area contributed by atoms with Gasteiger partial charge in [0.1, 0.15) is 0 Å². The minimum absolute atomic E-state index is 0.191. The van der Waals surface area contributed by atoms with Gasteiger partial charge in [0.2, 0.25) is 0 Å². The van der Waals surface area contributed by atoms with Gasteiger partial charge in [-0.15, -0.1) is 0 Å². The quantitative estimate of drug-likeness (QED) is 0.550. The molecule has 0 saturated heterocycles. The van der Waals surface area contributed by atoms with Crippen molar-refractivity contribution >= 4 is 0 Å². The van der Waals surface area contributed by atoms with Crippen LogP contribution in [0.2, 0.25) is 0 Å². The number of hydrogen-bond donors (Lipinski definition) is 2. The summed E-state index contributed by atoms with van der Waals surface area (Å²) in [4.78, 5) is 0. The van der Waals surface area contributed by atoms with Crippen molar-refractivity contribution < 1.29 is 9.84 Å². The van der Waals surface area contributed by atoms with Gasteiger partial charge in [0.25, 0.3) is 0 Å². The molecule has 0 aromatic heterocycles. The van der Waals surface area contributed by atoms with Crippen molar-refractivity contribution in [3.8, 4) is 0 Å².